The van der Waals surface area contributed by atoms with E-state index in [4.69, 9.17) is 9.84 Å². The van der Waals surface area contributed by atoms with E-state index in [9.17, 15) is 0 Å². The number of benzene rings is 1. The predicted octanol–water partition coefficient (Wildman–Crippen LogP) is 2.06. The Balaban J connectivity index is 1.86. The van der Waals surface area contributed by atoms with Crippen LogP contribution in [0, 0.1) is 5.92 Å². The molecule has 0 spiro atoms. The van der Waals surface area contributed by atoms with Gasteiger partial charge in [0.15, 0.2) is 0 Å². The largest absolute Gasteiger partial charge is 0.496 e. The minimum absolute atomic E-state index is 0.170. The summed E-state index contributed by atoms with van der Waals surface area (Å²) in [4.78, 5) is 0. The summed E-state index contributed by atoms with van der Waals surface area (Å²) in [6.07, 6.45) is 6.90. The zero-order valence-electron chi connectivity index (χ0n) is 11.3. The maximum atomic E-state index is 9.17. The Morgan fingerprint density at radius 3 is 2.95 bits per heavy atom. The molecule has 3 rings (SSSR count). The maximum absolute atomic E-state index is 9.17. The third kappa shape index (κ3) is 2.32. The Labute approximate surface area is 117 Å². The van der Waals surface area contributed by atoms with Crippen molar-refractivity contribution in [1.82, 2.24) is 15.0 Å². The average Bonchev–Trinajstić information content (AvgIpc) is 3.15. The van der Waals surface area contributed by atoms with E-state index in [-0.39, 0.29) is 18.6 Å². The molecule has 1 aliphatic carbocycles. The lowest BCUT2D eigenvalue weighted by molar-refractivity contribution is 0.242. The molecule has 104 valence electrons. The molecule has 0 amide bonds. The molecule has 2 aromatic rings. The van der Waals surface area contributed by atoms with Gasteiger partial charge < -0.3 is 9.84 Å². The van der Waals surface area contributed by atoms with Gasteiger partial charge >= 0.3 is 0 Å². The standard InChI is InChI=1S/C15H17N3O2/c1-20-15-5-3-2-4-13(15)14-9-18(17-16-14)12-7-6-11(8-12)10-19/h2-7,9,11-12,19H,8,10H2,1H3/t11-,12+/m1/s1. The summed E-state index contributed by atoms with van der Waals surface area (Å²) in [5.74, 6) is 1.01. The van der Waals surface area contributed by atoms with Crippen LogP contribution in [0.15, 0.2) is 42.6 Å². The summed E-state index contributed by atoms with van der Waals surface area (Å²) in [6.45, 7) is 0.182. The first-order chi connectivity index (χ1) is 9.81. The van der Waals surface area contributed by atoms with Crippen molar-refractivity contribution in [3.8, 4) is 17.0 Å². The monoisotopic (exact) mass is 271 g/mol. The molecular weight excluding hydrogens is 254 g/mol. The van der Waals surface area contributed by atoms with Crippen LogP contribution in [0.4, 0.5) is 0 Å². The van der Waals surface area contributed by atoms with E-state index in [0.29, 0.717) is 0 Å². The molecule has 1 N–H and O–H groups in total. The maximum Gasteiger partial charge on any atom is 0.128 e. The number of methoxy groups -OCH3 is 1. The first-order valence-electron chi connectivity index (χ1n) is 6.66. The fraction of sp³-hybridized carbons (Fsp3) is 0.333. The van der Waals surface area contributed by atoms with E-state index < -0.39 is 0 Å². The second-order valence-electron chi connectivity index (χ2n) is 4.91. The van der Waals surface area contributed by atoms with Crippen LogP contribution >= 0.6 is 0 Å². The van der Waals surface area contributed by atoms with Gasteiger partial charge in [0.1, 0.15) is 11.4 Å². The molecule has 1 aromatic carbocycles. The van der Waals surface area contributed by atoms with Crippen molar-refractivity contribution in [2.75, 3.05) is 13.7 Å². The van der Waals surface area contributed by atoms with Gasteiger partial charge in [0, 0.05) is 18.1 Å². The highest BCUT2D eigenvalue weighted by atomic mass is 16.5. The van der Waals surface area contributed by atoms with Crippen molar-refractivity contribution in [3.63, 3.8) is 0 Å². The van der Waals surface area contributed by atoms with Gasteiger partial charge in [-0.3, -0.25) is 0 Å². The molecular formula is C15H17N3O2. The normalized spacial score (nSPS) is 21.3. The molecule has 2 atom stereocenters. The smallest absolute Gasteiger partial charge is 0.128 e. The Morgan fingerprint density at radius 1 is 1.35 bits per heavy atom. The minimum Gasteiger partial charge on any atom is -0.496 e. The van der Waals surface area contributed by atoms with Crippen LogP contribution in [0.1, 0.15) is 12.5 Å². The second-order valence-corrected chi connectivity index (χ2v) is 4.91. The number of nitrogens with zero attached hydrogens (tertiary/aromatic N) is 3. The average molecular weight is 271 g/mol. The number of aliphatic hydroxyl groups excluding tert-OH is 1. The molecule has 1 aromatic heterocycles. The van der Waals surface area contributed by atoms with Crippen LogP contribution < -0.4 is 4.74 Å². The molecule has 20 heavy (non-hydrogen) atoms. The summed E-state index contributed by atoms with van der Waals surface area (Å²) in [5, 5.41) is 17.6. The quantitative estimate of drug-likeness (QED) is 0.865. The van der Waals surface area contributed by atoms with E-state index >= 15 is 0 Å². The van der Waals surface area contributed by atoms with Crippen LogP contribution in [-0.2, 0) is 0 Å². The summed E-state index contributed by atoms with van der Waals surface area (Å²) in [7, 11) is 1.65. The Kier molecular flexibility index (Phi) is 3.52. The van der Waals surface area contributed by atoms with Crippen molar-refractivity contribution in [1.29, 1.82) is 0 Å². The highest BCUT2D eigenvalue weighted by molar-refractivity contribution is 5.66. The van der Waals surface area contributed by atoms with Crippen LogP contribution in [-0.4, -0.2) is 33.8 Å². The molecule has 1 heterocycles. The van der Waals surface area contributed by atoms with Crippen molar-refractivity contribution in [2.24, 2.45) is 5.92 Å². The van der Waals surface area contributed by atoms with Crippen LogP contribution in [0.3, 0.4) is 0 Å². The Bertz CT molecular complexity index is 621. The van der Waals surface area contributed by atoms with Gasteiger partial charge in [-0.05, 0) is 18.6 Å². The number of aromatic nitrogens is 3. The van der Waals surface area contributed by atoms with Gasteiger partial charge in [-0.2, -0.15) is 0 Å². The van der Waals surface area contributed by atoms with E-state index in [1.165, 1.54) is 0 Å². The number of allylic oxidation sites excluding steroid dienone is 1. The summed E-state index contributed by atoms with van der Waals surface area (Å²) < 4.78 is 7.19. The summed E-state index contributed by atoms with van der Waals surface area (Å²) >= 11 is 0. The molecule has 5 nitrogen and oxygen atoms in total. The first-order valence-corrected chi connectivity index (χ1v) is 6.66. The molecule has 0 bridgehead atoms. The minimum atomic E-state index is 0.170. The molecule has 0 saturated heterocycles. The van der Waals surface area contributed by atoms with E-state index in [0.717, 1.165) is 23.4 Å². The van der Waals surface area contributed by atoms with Gasteiger partial charge in [0.2, 0.25) is 0 Å². The van der Waals surface area contributed by atoms with E-state index in [1.807, 2.05) is 41.2 Å². The Morgan fingerprint density at radius 2 is 2.20 bits per heavy atom. The van der Waals surface area contributed by atoms with Crippen LogP contribution in [0.2, 0.25) is 0 Å². The number of hydrogen-bond acceptors (Lipinski definition) is 4. The number of hydrogen-bond donors (Lipinski definition) is 1. The van der Waals surface area contributed by atoms with Crippen LogP contribution in [0.25, 0.3) is 11.3 Å². The zero-order chi connectivity index (χ0) is 13.9. The molecule has 0 unspecified atom stereocenters. The third-order valence-corrected chi connectivity index (χ3v) is 3.62. The van der Waals surface area contributed by atoms with Crippen LogP contribution in [0.5, 0.6) is 5.75 Å². The highest BCUT2D eigenvalue weighted by Gasteiger charge is 2.21. The molecule has 0 fully saturated rings. The van der Waals surface area contributed by atoms with Gasteiger partial charge in [-0.25, -0.2) is 4.68 Å². The number of ether oxygens (including phenoxy) is 1. The van der Waals surface area contributed by atoms with E-state index in [1.54, 1.807) is 7.11 Å². The lowest BCUT2D eigenvalue weighted by Crippen LogP contribution is -2.08. The number of para-hydroxylation sites is 1. The van der Waals surface area contributed by atoms with E-state index in [2.05, 4.69) is 16.4 Å². The van der Waals surface area contributed by atoms with Gasteiger partial charge in [0.25, 0.3) is 0 Å². The number of aliphatic hydroxyl groups is 1. The Hall–Kier alpha value is -2.14. The fourth-order valence-corrected chi connectivity index (χ4v) is 2.50. The lowest BCUT2D eigenvalue weighted by atomic mass is 10.1. The fourth-order valence-electron chi connectivity index (χ4n) is 2.50. The predicted molar refractivity (Wildman–Crippen MR) is 75.4 cm³/mol. The molecule has 5 heteroatoms. The van der Waals surface area contributed by atoms with Gasteiger partial charge in [-0.15, -0.1) is 5.10 Å². The molecule has 1 aliphatic rings. The number of rotatable bonds is 4. The molecule has 0 saturated carbocycles. The van der Waals surface area contributed by atoms with Crippen molar-refractivity contribution in [3.05, 3.63) is 42.6 Å². The van der Waals surface area contributed by atoms with Crippen molar-refractivity contribution < 1.29 is 9.84 Å². The second kappa shape index (κ2) is 5.46. The lowest BCUT2D eigenvalue weighted by Gasteiger charge is -2.09. The van der Waals surface area contributed by atoms with Gasteiger partial charge in [0.05, 0.1) is 19.3 Å². The summed E-state index contributed by atoms with van der Waals surface area (Å²) in [5.41, 5.74) is 1.73. The SMILES string of the molecule is COc1ccccc1-c1cn([C@H]2C=C[C@@H](CO)C2)nn1. The molecule has 0 aliphatic heterocycles. The molecule has 0 radical (unpaired) electrons. The topological polar surface area (TPSA) is 60.2 Å². The zero-order valence-corrected chi connectivity index (χ0v) is 11.3. The highest BCUT2D eigenvalue weighted by Crippen LogP contribution is 2.31. The summed E-state index contributed by atoms with van der Waals surface area (Å²) in [6, 6.07) is 7.93. The van der Waals surface area contributed by atoms with Crippen molar-refractivity contribution >= 4 is 0 Å². The van der Waals surface area contributed by atoms with Gasteiger partial charge in [-0.1, -0.05) is 29.5 Å². The third-order valence-electron chi connectivity index (χ3n) is 3.62. The first kappa shape index (κ1) is 12.9. The van der Waals surface area contributed by atoms with Crippen molar-refractivity contribution in [2.45, 2.75) is 12.5 Å².